The zero-order valence-electron chi connectivity index (χ0n) is 21.5. The van der Waals surface area contributed by atoms with Gasteiger partial charge in [0, 0.05) is 54.0 Å². The van der Waals surface area contributed by atoms with Crippen LogP contribution in [0.15, 0.2) is 53.4 Å². The van der Waals surface area contributed by atoms with Crippen LogP contribution in [0.4, 0.5) is 4.39 Å². The van der Waals surface area contributed by atoms with Crippen LogP contribution in [0, 0.1) is 17.7 Å². The summed E-state index contributed by atoms with van der Waals surface area (Å²) in [4.78, 5) is 24.3. The fourth-order valence-corrected chi connectivity index (χ4v) is 5.66. The number of benzene rings is 1. The van der Waals surface area contributed by atoms with Crippen molar-refractivity contribution in [3.8, 4) is 28.5 Å². The molecule has 38 heavy (non-hydrogen) atoms. The molecule has 4 aromatic rings. The summed E-state index contributed by atoms with van der Waals surface area (Å²) in [6.07, 6.45) is -0.00888. The van der Waals surface area contributed by atoms with E-state index in [1.807, 2.05) is 49.3 Å². The molecular formula is C28H29FN6O2S. The molecule has 1 unspecified atom stereocenters. The van der Waals surface area contributed by atoms with E-state index in [-0.39, 0.29) is 29.7 Å². The number of likely N-dealkylation sites (tertiary alicyclic amines) is 1. The van der Waals surface area contributed by atoms with Gasteiger partial charge in [0.1, 0.15) is 29.0 Å². The highest BCUT2D eigenvalue weighted by atomic mass is 32.1. The Morgan fingerprint density at radius 2 is 1.87 bits per heavy atom. The third kappa shape index (κ3) is 4.58. The first kappa shape index (κ1) is 24.7. The van der Waals surface area contributed by atoms with Crippen LogP contribution in [-0.2, 0) is 12.1 Å². The van der Waals surface area contributed by atoms with Crippen LogP contribution in [0.1, 0.15) is 36.8 Å². The smallest absolute Gasteiger partial charge is 0.272 e. The lowest BCUT2D eigenvalue weighted by molar-refractivity contribution is 0.0739. The molecule has 1 aliphatic heterocycles. The Morgan fingerprint density at radius 3 is 2.50 bits per heavy atom. The monoisotopic (exact) mass is 532 g/mol. The molecule has 10 heteroatoms. The highest BCUT2D eigenvalue weighted by Gasteiger charge is 2.59. The number of aromatic nitrogens is 4. The summed E-state index contributed by atoms with van der Waals surface area (Å²) < 4.78 is 21.6. The quantitative estimate of drug-likeness (QED) is 0.374. The maximum atomic E-state index is 13.5. The minimum atomic E-state index is -0.599. The molecule has 3 atom stereocenters. The summed E-state index contributed by atoms with van der Waals surface area (Å²) in [5.74, 6) is 0.679. The number of pyridine rings is 1. The molecule has 0 bridgehead atoms. The standard InChI is InChI=1S/C28H29FN6O2S/c1-4-35-24(11-22(33-35)23-14-38-15-31-23)27(36)34-12-19-20(13-34)26(19)37-25-10-17(28(2,3)30)9-21(32-25)16-5-7-18(29)8-6-16/h5-11,14-15,19-20,26H,4,12-13,30H2,1-3H3/t19-,20+,26?. The molecule has 6 rings (SSSR count). The van der Waals surface area contributed by atoms with Gasteiger partial charge in [0.25, 0.3) is 5.91 Å². The van der Waals surface area contributed by atoms with Gasteiger partial charge in [-0.05, 0) is 62.7 Å². The van der Waals surface area contributed by atoms with E-state index in [1.54, 1.807) is 22.3 Å². The maximum absolute atomic E-state index is 13.5. The zero-order valence-corrected chi connectivity index (χ0v) is 22.3. The molecule has 2 aliphatic rings. The third-order valence-electron chi connectivity index (χ3n) is 7.34. The highest BCUT2D eigenvalue weighted by Crippen LogP contribution is 2.48. The Labute approximate surface area is 224 Å². The summed E-state index contributed by atoms with van der Waals surface area (Å²) in [5, 5.41) is 6.51. The van der Waals surface area contributed by atoms with Crippen LogP contribution >= 0.6 is 11.3 Å². The number of nitrogens with zero attached hydrogens (tertiary/aromatic N) is 5. The highest BCUT2D eigenvalue weighted by molar-refractivity contribution is 7.07. The van der Waals surface area contributed by atoms with E-state index in [0.717, 1.165) is 16.8 Å². The molecule has 4 heterocycles. The van der Waals surface area contributed by atoms with Gasteiger partial charge in [-0.25, -0.2) is 14.4 Å². The SMILES string of the molecule is CCn1nc(-c2cscn2)cc1C(=O)N1C[C@@H]2C(Oc3cc(C(C)(C)N)cc(-c4ccc(F)cc4)n3)[C@@H]2C1. The summed E-state index contributed by atoms with van der Waals surface area (Å²) in [6.45, 7) is 7.69. The van der Waals surface area contributed by atoms with E-state index >= 15 is 0 Å². The van der Waals surface area contributed by atoms with Gasteiger partial charge in [-0.1, -0.05) is 0 Å². The Balaban J connectivity index is 1.17. The van der Waals surface area contributed by atoms with E-state index in [0.29, 0.717) is 42.6 Å². The topological polar surface area (TPSA) is 99.2 Å². The van der Waals surface area contributed by atoms with E-state index in [2.05, 4.69) is 10.1 Å². The normalized spacial score (nSPS) is 20.4. The van der Waals surface area contributed by atoms with E-state index in [9.17, 15) is 9.18 Å². The van der Waals surface area contributed by atoms with Gasteiger partial charge < -0.3 is 15.4 Å². The van der Waals surface area contributed by atoms with Crippen LogP contribution in [0.3, 0.4) is 0 Å². The fraction of sp³-hybridized carbons (Fsp3) is 0.357. The van der Waals surface area contributed by atoms with Gasteiger partial charge in [-0.2, -0.15) is 5.10 Å². The number of carbonyl (C=O) groups excluding carboxylic acids is 1. The predicted molar refractivity (Wildman–Crippen MR) is 143 cm³/mol. The lowest BCUT2D eigenvalue weighted by Crippen LogP contribution is -2.34. The molecule has 1 aromatic carbocycles. The van der Waals surface area contributed by atoms with Crippen molar-refractivity contribution in [3.05, 3.63) is 70.4 Å². The van der Waals surface area contributed by atoms with Crippen LogP contribution in [-0.4, -0.2) is 49.7 Å². The second-order valence-corrected chi connectivity index (χ2v) is 11.3. The second kappa shape index (κ2) is 9.28. The number of rotatable bonds is 7. The molecular weight excluding hydrogens is 503 g/mol. The number of aryl methyl sites for hydroxylation is 1. The van der Waals surface area contributed by atoms with Crippen molar-refractivity contribution in [2.45, 2.75) is 39.0 Å². The van der Waals surface area contributed by atoms with Crippen LogP contribution in [0.2, 0.25) is 0 Å². The molecule has 196 valence electrons. The van der Waals surface area contributed by atoms with Crippen LogP contribution in [0.5, 0.6) is 5.88 Å². The third-order valence-corrected chi connectivity index (χ3v) is 7.93. The van der Waals surface area contributed by atoms with Crippen molar-refractivity contribution < 1.29 is 13.9 Å². The average Bonchev–Trinajstić information content (AvgIpc) is 3.42. The fourth-order valence-electron chi connectivity index (χ4n) is 5.11. The molecule has 0 radical (unpaired) electrons. The Hall–Kier alpha value is -3.63. The second-order valence-electron chi connectivity index (χ2n) is 10.5. The number of hydrogen-bond donors (Lipinski definition) is 1. The predicted octanol–water partition coefficient (Wildman–Crippen LogP) is 4.57. The molecule has 1 saturated carbocycles. The van der Waals surface area contributed by atoms with Gasteiger partial charge in [-0.15, -0.1) is 11.3 Å². The molecule has 2 fully saturated rings. The summed E-state index contributed by atoms with van der Waals surface area (Å²) in [7, 11) is 0. The van der Waals surface area contributed by atoms with Gasteiger partial charge in [-0.3, -0.25) is 9.48 Å². The van der Waals surface area contributed by atoms with Crippen molar-refractivity contribution in [3.63, 3.8) is 0 Å². The van der Waals surface area contributed by atoms with E-state index in [4.69, 9.17) is 15.5 Å². The molecule has 3 aromatic heterocycles. The van der Waals surface area contributed by atoms with Crippen molar-refractivity contribution >= 4 is 17.2 Å². The van der Waals surface area contributed by atoms with Crippen molar-refractivity contribution in [1.82, 2.24) is 24.6 Å². The maximum Gasteiger partial charge on any atom is 0.272 e. The molecule has 1 saturated heterocycles. The average molecular weight is 533 g/mol. The van der Waals surface area contributed by atoms with Crippen LogP contribution < -0.4 is 10.5 Å². The molecule has 2 N–H and O–H groups in total. The number of fused-ring (bicyclic) bond motifs is 1. The first-order valence-corrected chi connectivity index (χ1v) is 13.7. The van der Waals surface area contributed by atoms with Crippen molar-refractivity contribution in [1.29, 1.82) is 0 Å². The van der Waals surface area contributed by atoms with Crippen molar-refractivity contribution in [2.75, 3.05) is 13.1 Å². The van der Waals surface area contributed by atoms with Gasteiger partial charge in [0.15, 0.2) is 0 Å². The van der Waals surface area contributed by atoms with Crippen molar-refractivity contribution in [2.24, 2.45) is 17.6 Å². The molecule has 0 spiro atoms. The number of thiazole rings is 1. The number of piperidine rings is 1. The Morgan fingerprint density at radius 1 is 1.13 bits per heavy atom. The summed E-state index contributed by atoms with van der Waals surface area (Å²) in [6, 6.07) is 11.9. The minimum Gasteiger partial charge on any atom is -0.474 e. The van der Waals surface area contributed by atoms with E-state index < -0.39 is 5.54 Å². The summed E-state index contributed by atoms with van der Waals surface area (Å²) in [5.41, 5.74) is 12.0. The van der Waals surface area contributed by atoms with Crippen LogP contribution in [0.25, 0.3) is 22.6 Å². The number of halogens is 1. The first-order chi connectivity index (χ1) is 18.2. The molecule has 8 nitrogen and oxygen atoms in total. The Bertz CT molecular complexity index is 1470. The number of ether oxygens (including phenoxy) is 1. The lowest BCUT2D eigenvalue weighted by Gasteiger charge is -2.22. The molecule has 1 aliphatic carbocycles. The van der Waals surface area contributed by atoms with Gasteiger partial charge >= 0.3 is 0 Å². The van der Waals surface area contributed by atoms with E-state index in [1.165, 1.54) is 23.5 Å². The minimum absolute atomic E-state index is 0.00888. The lowest BCUT2D eigenvalue weighted by atomic mass is 9.95. The molecule has 1 amide bonds. The number of carbonyl (C=O) groups is 1. The van der Waals surface area contributed by atoms with Gasteiger partial charge in [0.05, 0.1) is 11.2 Å². The summed E-state index contributed by atoms with van der Waals surface area (Å²) >= 11 is 1.50. The number of hydrogen-bond acceptors (Lipinski definition) is 7. The number of amides is 1. The largest absolute Gasteiger partial charge is 0.474 e. The number of nitrogens with two attached hydrogens (primary N) is 1. The Kier molecular flexibility index (Phi) is 6.03. The first-order valence-electron chi connectivity index (χ1n) is 12.7. The van der Waals surface area contributed by atoms with Gasteiger partial charge in [0.2, 0.25) is 5.88 Å². The zero-order chi connectivity index (χ0) is 26.6.